The quantitative estimate of drug-likeness (QED) is 0.411. The molecule has 2 aromatic heterocycles. The summed E-state index contributed by atoms with van der Waals surface area (Å²) in [5.74, 6) is 0.538. The van der Waals surface area contributed by atoms with Crippen molar-refractivity contribution in [2.24, 2.45) is 0 Å². The van der Waals surface area contributed by atoms with E-state index in [9.17, 15) is 10.1 Å². The van der Waals surface area contributed by atoms with E-state index in [1.165, 1.54) is 12.1 Å². The van der Waals surface area contributed by atoms with E-state index >= 15 is 0 Å². The van der Waals surface area contributed by atoms with Gasteiger partial charge < -0.3 is 0 Å². The van der Waals surface area contributed by atoms with Crippen LogP contribution in [0.3, 0.4) is 0 Å². The molecule has 0 spiro atoms. The lowest BCUT2D eigenvalue weighted by molar-refractivity contribution is -0.384. The molecule has 0 N–H and O–H groups in total. The molecule has 0 saturated carbocycles. The normalized spacial score (nSPS) is 10.9. The highest BCUT2D eigenvalue weighted by Gasteiger charge is 2.13. The summed E-state index contributed by atoms with van der Waals surface area (Å²) in [5, 5.41) is 10.9. The Morgan fingerprint density at radius 3 is 2.60 bits per heavy atom. The number of aromatic nitrogens is 4. The van der Waals surface area contributed by atoms with E-state index in [0.29, 0.717) is 27.8 Å². The van der Waals surface area contributed by atoms with Gasteiger partial charge in [0.1, 0.15) is 17.7 Å². The Morgan fingerprint density at radius 2 is 1.95 bits per heavy atom. The predicted molar refractivity (Wildman–Crippen MR) is 73.1 cm³/mol. The molecule has 0 aliphatic carbocycles. The van der Waals surface area contributed by atoms with Crippen LogP contribution in [0.5, 0.6) is 0 Å². The molecule has 3 rings (SSSR count). The van der Waals surface area contributed by atoms with E-state index in [1.54, 1.807) is 30.0 Å². The third-order valence-electron chi connectivity index (χ3n) is 2.81. The maximum Gasteiger partial charge on any atom is 0.269 e. The number of imidazole rings is 1. The lowest BCUT2D eigenvalue weighted by atomic mass is 10.3. The number of hydrogen-bond acceptors (Lipinski definition) is 5. The molecule has 8 heteroatoms. The highest BCUT2D eigenvalue weighted by Crippen LogP contribution is 2.24. The first-order valence-corrected chi connectivity index (χ1v) is 6.06. The Labute approximate surface area is 118 Å². The number of hydrogen-bond donors (Lipinski definition) is 0. The third-order valence-corrected chi connectivity index (χ3v) is 3.07. The van der Waals surface area contributed by atoms with Gasteiger partial charge in [-0.1, -0.05) is 11.6 Å². The van der Waals surface area contributed by atoms with E-state index in [4.69, 9.17) is 11.6 Å². The van der Waals surface area contributed by atoms with E-state index in [2.05, 4.69) is 15.0 Å². The third kappa shape index (κ3) is 1.97. The van der Waals surface area contributed by atoms with Crippen molar-refractivity contribution < 1.29 is 4.92 Å². The van der Waals surface area contributed by atoms with Crippen LogP contribution in [0.4, 0.5) is 5.69 Å². The minimum absolute atomic E-state index is 0.0244. The molecule has 20 heavy (non-hydrogen) atoms. The first-order chi connectivity index (χ1) is 9.56. The van der Waals surface area contributed by atoms with Gasteiger partial charge in [-0.25, -0.2) is 15.0 Å². The van der Waals surface area contributed by atoms with Gasteiger partial charge in [0.25, 0.3) is 5.69 Å². The van der Waals surface area contributed by atoms with Crippen LogP contribution in [0.25, 0.3) is 16.9 Å². The van der Waals surface area contributed by atoms with Crippen molar-refractivity contribution in [3.8, 4) is 5.69 Å². The predicted octanol–water partition coefficient (Wildman–Crippen LogP) is 2.69. The summed E-state index contributed by atoms with van der Waals surface area (Å²) < 4.78 is 1.70. The van der Waals surface area contributed by atoms with Gasteiger partial charge in [-0.15, -0.1) is 0 Å². The summed E-state index contributed by atoms with van der Waals surface area (Å²) in [6.45, 7) is 1.73. The minimum atomic E-state index is -0.449. The summed E-state index contributed by atoms with van der Waals surface area (Å²) in [6.07, 6.45) is 1.56. The van der Waals surface area contributed by atoms with Crippen LogP contribution in [0, 0.1) is 17.0 Å². The largest absolute Gasteiger partial charge is 0.295 e. The van der Waals surface area contributed by atoms with Gasteiger partial charge in [-0.3, -0.25) is 14.7 Å². The van der Waals surface area contributed by atoms with Gasteiger partial charge in [-0.2, -0.15) is 0 Å². The molecule has 0 aliphatic heterocycles. The number of rotatable bonds is 2. The van der Waals surface area contributed by atoms with Crippen molar-refractivity contribution in [2.45, 2.75) is 6.92 Å². The van der Waals surface area contributed by atoms with Gasteiger partial charge in [0.05, 0.1) is 4.92 Å². The minimum Gasteiger partial charge on any atom is -0.295 e. The molecule has 7 nitrogen and oxygen atoms in total. The number of halogens is 1. The molecule has 0 aliphatic rings. The summed E-state index contributed by atoms with van der Waals surface area (Å²) in [5.41, 5.74) is 1.79. The molecule has 0 radical (unpaired) electrons. The van der Waals surface area contributed by atoms with Gasteiger partial charge in [0, 0.05) is 17.8 Å². The van der Waals surface area contributed by atoms with Crippen molar-refractivity contribution in [2.75, 3.05) is 0 Å². The maximum atomic E-state index is 10.6. The number of non-ortho nitro benzene ring substituents is 1. The number of benzene rings is 1. The molecule has 0 unspecified atom stereocenters. The Balaban J connectivity index is 2.17. The lowest BCUT2D eigenvalue weighted by Crippen LogP contribution is -1.96. The van der Waals surface area contributed by atoms with Gasteiger partial charge in [0.15, 0.2) is 10.8 Å². The average molecular weight is 290 g/mol. The number of nitro benzene ring substituents is 1. The van der Waals surface area contributed by atoms with Crippen molar-refractivity contribution in [3.05, 3.63) is 51.7 Å². The van der Waals surface area contributed by atoms with Gasteiger partial charge >= 0.3 is 0 Å². The molecule has 0 fully saturated rings. The first kappa shape index (κ1) is 12.5. The van der Waals surface area contributed by atoms with Crippen molar-refractivity contribution >= 4 is 28.5 Å². The van der Waals surface area contributed by atoms with Crippen LogP contribution in [0.1, 0.15) is 5.82 Å². The lowest BCUT2D eigenvalue weighted by Gasteiger charge is -2.04. The second-order valence-corrected chi connectivity index (χ2v) is 4.48. The van der Waals surface area contributed by atoms with E-state index in [1.807, 2.05) is 0 Å². The molecule has 2 heterocycles. The molecular formula is C12H8ClN5O2. The molecule has 0 amide bonds. The number of nitro groups is 1. The second kappa shape index (κ2) is 4.53. The Hall–Kier alpha value is -2.54. The van der Waals surface area contributed by atoms with Crippen LogP contribution in [-0.4, -0.2) is 24.4 Å². The fourth-order valence-corrected chi connectivity index (χ4v) is 2.21. The molecular weight excluding hydrogens is 282 g/mol. The molecule has 0 saturated heterocycles. The van der Waals surface area contributed by atoms with Crippen molar-refractivity contribution in [3.63, 3.8) is 0 Å². The average Bonchev–Trinajstić information content (AvgIpc) is 2.82. The fourth-order valence-electron chi connectivity index (χ4n) is 1.92. The smallest absolute Gasteiger partial charge is 0.269 e. The van der Waals surface area contributed by atoms with Gasteiger partial charge in [0.2, 0.25) is 0 Å². The topological polar surface area (TPSA) is 86.7 Å². The Kier molecular flexibility index (Phi) is 2.83. The van der Waals surface area contributed by atoms with E-state index in [-0.39, 0.29) is 5.69 Å². The zero-order chi connectivity index (χ0) is 14.3. The zero-order valence-electron chi connectivity index (χ0n) is 10.3. The van der Waals surface area contributed by atoms with Crippen LogP contribution in [0.2, 0.25) is 5.15 Å². The van der Waals surface area contributed by atoms with Gasteiger partial charge in [-0.05, 0) is 19.1 Å². The molecule has 0 atom stereocenters. The van der Waals surface area contributed by atoms with Crippen LogP contribution in [0.15, 0.2) is 30.6 Å². The van der Waals surface area contributed by atoms with E-state index < -0.39 is 4.92 Å². The SMILES string of the molecule is Cc1nc(Cl)c2c(ncn2-c2ccc([N+](=O)[O-])cc2)n1. The molecule has 3 aromatic rings. The summed E-state index contributed by atoms with van der Waals surface area (Å²) in [6, 6.07) is 6.08. The first-order valence-electron chi connectivity index (χ1n) is 5.68. The standard InChI is InChI=1S/C12H8ClN5O2/c1-7-15-11(13)10-12(16-7)14-6-17(10)8-2-4-9(5-3-8)18(19)20/h2-6H,1H3. The van der Waals surface area contributed by atoms with Crippen LogP contribution < -0.4 is 0 Å². The highest BCUT2D eigenvalue weighted by molar-refractivity contribution is 6.33. The van der Waals surface area contributed by atoms with E-state index in [0.717, 1.165) is 0 Å². The van der Waals surface area contributed by atoms with Crippen molar-refractivity contribution in [1.29, 1.82) is 0 Å². The summed E-state index contributed by atoms with van der Waals surface area (Å²) >= 11 is 6.12. The fraction of sp³-hybridized carbons (Fsp3) is 0.0833. The number of fused-ring (bicyclic) bond motifs is 1. The maximum absolute atomic E-state index is 10.6. The summed E-state index contributed by atoms with van der Waals surface area (Å²) in [7, 11) is 0. The van der Waals surface area contributed by atoms with Crippen LogP contribution >= 0.6 is 11.6 Å². The number of aryl methyl sites for hydroxylation is 1. The second-order valence-electron chi connectivity index (χ2n) is 4.12. The molecule has 100 valence electrons. The highest BCUT2D eigenvalue weighted by atomic mass is 35.5. The number of nitrogens with zero attached hydrogens (tertiary/aromatic N) is 5. The monoisotopic (exact) mass is 289 g/mol. The Bertz CT molecular complexity index is 813. The van der Waals surface area contributed by atoms with Crippen LogP contribution in [-0.2, 0) is 0 Å². The summed E-state index contributed by atoms with van der Waals surface area (Å²) in [4.78, 5) is 22.7. The Morgan fingerprint density at radius 1 is 1.25 bits per heavy atom. The molecule has 0 bridgehead atoms. The zero-order valence-corrected chi connectivity index (χ0v) is 11.1. The molecule has 1 aromatic carbocycles. The van der Waals surface area contributed by atoms with Crippen molar-refractivity contribution in [1.82, 2.24) is 19.5 Å².